The van der Waals surface area contributed by atoms with Gasteiger partial charge < -0.3 is 4.74 Å². The molecule has 1 aromatic rings. The molecule has 0 unspecified atom stereocenters. The molecule has 1 rings (SSSR count). The van der Waals surface area contributed by atoms with Crippen molar-refractivity contribution >= 4 is 15.9 Å². The third-order valence-corrected chi connectivity index (χ3v) is 1.83. The summed E-state index contributed by atoms with van der Waals surface area (Å²) in [6.07, 6.45) is 8.46. The standard InChI is InChI=1S/C8H6BrNO/c1-3-6-7(9)4-10-5-8(6)11-2/h1,4-5H,2H3. The summed E-state index contributed by atoms with van der Waals surface area (Å²) in [4.78, 5) is 3.90. The summed E-state index contributed by atoms with van der Waals surface area (Å²) >= 11 is 3.26. The molecule has 0 N–H and O–H groups in total. The number of aromatic nitrogens is 1. The Kier molecular flexibility index (Phi) is 2.50. The van der Waals surface area contributed by atoms with Crippen LogP contribution in [0.1, 0.15) is 5.56 Å². The summed E-state index contributed by atoms with van der Waals surface area (Å²) in [5.74, 6) is 3.12. The molecule has 0 amide bonds. The Morgan fingerprint density at radius 1 is 1.64 bits per heavy atom. The summed E-state index contributed by atoms with van der Waals surface area (Å²) in [6, 6.07) is 0. The van der Waals surface area contributed by atoms with Crippen LogP contribution >= 0.6 is 15.9 Å². The molecule has 0 aromatic carbocycles. The molecule has 0 atom stereocenters. The van der Waals surface area contributed by atoms with Gasteiger partial charge in [0.15, 0.2) is 5.75 Å². The SMILES string of the molecule is C#Cc1c(Br)cncc1OC. The minimum atomic E-state index is 0.613. The van der Waals surface area contributed by atoms with Crippen LogP contribution in [-0.2, 0) is 0 Å². The van der Waals surface area contributed by atoms with Gasteiger partial charge in [-0.15, -0.1) is 6.42 Å². The van der Waals surface area contributed by atoms with E-state index < -0.39 is 0 Å². The molecule has 1 heterocycles. The van der Waals surface area contributed by atoms with Crippen molar-refractivity contribution in [3.8, 4) is 18.1 Å². The molecule has 0 aliphatic heterocycles. The van der Waals surface area contributed by atoms with Crippen molar-refractivity contribution in [3.05, 3.63) is 22.4 Å². The maximum absolute atomic E-state index is 5.24. The third kappa shape index (κ3) is 1.52. The van der Waals surface area contributed by atoms with E-state index in [1.54, 1.807) is 19.5 Å². The molecule has 0 spiro atoms. The second-order valence-electron chi connectivity index (χ2n) is 1.84. The normalized spacial score (nSPS) is 8.82. The predicted octanol–water partition coefficient (Wildman–Crippen LogP) is 1.83. The van der Waals surface area contributed by atoms with Crippen LogP contribution in [0.2, 0.25) is 0 Å². The summed E-state index contributed by atoms with van der Waals surface area (Å²) in [5, 5.41) is 0. The zero-order chi connectivity index (χ0) is 8.27. The fourth-order valence-electron chi connectivity index (χ4n) is 0.712. The van der Waals surface area contributed by atoms with E-state index in [-0.39, 0.29) is 0 Å². The molecule has 0 fully saturated rings. The summed E-state index contributed by atoms with van der Waals surface area (Å²) in [7, 11) is 1.56. The fourth-order valence-corrected chi connectivity index (χ4v) is 1.14. The zero-order valence-corrected chi connectivity index (χ0v) is 7.55. The van der Waals surface area contributed by atoms with Crippen LogP contribution in [0, 0.1) is 12.3 Å². The van der Waals surface area contributed by atoms with Gasteiger partial charge >= 0.3 is 0 Å². The molecular weight excluding hydrogens is 206 g/mol. The third-order valence-electron chi connectivity index (χ3n) is 1.23. The number of hydrogen-bond acceptors (Lipinski definition) is 2. The Morgan fingerprint density at radius 3 is 2.82 bits per heavy atom. The smallest absolute Gasteiger partial charge is 0.153 e. The van der Waals surface area contributed by atoms with E-state index >= 15 is 0 Å². The molecule has 0 radical (unpaired) electrons. The monoisotopic (exact) mass is 211 g/mol. The average molecular weight is 212 g/mol. The first-order valence-electron chi connectivity index (χ1n) is 2.93. The topological polar surface area (TPSA) is 22.1 Å². The first kappa shape index (κ1) is 8.09. The van der Waals surface area contributed by atoms with Crippen LogP contribution in [0.4, 0.5) is 0 Å². The Bertz CT molecular complexity index is 303. The van der Waals surface area contributed by atoms with Gasteiger partial charge in [-0.25, -0.2) is 0 Å². The van der Waals surface area contributed by atoms with Gasteiger partial charge in [-0.1, -0.05) is 5.92 Å². The number of hydrogen-bond donors (Lipinski definition) is 0. The zero-order valence-electron chi connectivity index (χ0n) is 5.97. The number of methoxy groups -OCH3 is 1. The Labute approximate surface area is 73.7 Å². The second kappa shape index (κ2) is 3.40. The highest BCUT2D eigenvalue weighted by molar-refractivity contribution is 9.10. The Balaban J connectivity index is 3.27. The second-order valence-corrected chi connectivity index (χ2v) is 2.70. The number of terminal acetylenes is 1. The fraction of sp³-hybridized carbons (Fsp3) is 0.125. The lowest BCUT2D eigenvalue weighted by Crippen LogP contribution is -1.89. The molecule has 11 heavy (non-hydrogen) atoms. The predicted molar refractivity (Wildman–Crippen MR) is 46.4 cm³/mol. The van der Waals surface area contributed by atoms with Gasteiger partial charge in [0.25, 0.3) is 0 Å². The maximum atomic E-state index is 5.24. The lowest BCUT2D eigenvalue weighted by molar-refractivity contribution is 0.411. The van der Waals surface area contributed by atoms with Crippen molar-refractivity contribution in [1.29, 1.82) is 0 Å². The van der Waals surface area contributed by atoms with E-state index in [4.69, 9.17) is 11.2 Å². The molecule has 0 aliphatic carbocycles. The Hall–Kier alpha value is -1.01. The van der Waals surface area contributed by atoms with Crippen molar-refractivity contribution < 1.29 is 4.74 Å². The summed E-state index contributed by atoms with van der Waals surface area (Å²) < 4.78 is 5.76. The highest BCUT2D eigenvalue weighted by atomic mass is 79.9. The van der Waals surface area contributed by atoms with Gasteiger partial charge in [0.1, 0.15) is 0 Å². The molecule has 0 saturated heterocycles. The lowest BCUT2D eigenvalue weighted by Gasteiger charge is -2.02. The van der Waals surface area contributed by atoms with E-state index in [9.17, 15) is 0 Å². The highest BCUT2D eigenvalue weighted by Crippen LogP contribution is 2.23. The van der Waals surface area contributed by atoms with Crippen LogP contribution in [-0.4, -0.2) is 12.1 Å². The molecule has 0 aliphatic rings. The molecule has 56 valence electrons. The van der Waals surface area contributed by atoms with Crippen LogP contribution in [0.3, 0.4) is 0 Å². The number of halogens is 1. The molecule has 2 nitrogen and oxygen atoms in total. The van der Waals surface area contributed by atoms with Crippen LogP contribution in [0.5, 0.6) is 5.75 Å². The van der Waals surface area contributed by atoms with Gasteiger partial charge in [-0.2, -0.15) is 0 Å². The van der Waals surface area contributed by atoms with E-state index in [1.165, 1.54) is 0 Å². The molecular formula is C8H6BrNO. The van der Waals surface area contributed by atoms with E-state index in [2.05, 4.69) is 26.8 Å². The lowest BCUT2D eigenvalue weighted by atomic mass is 10.2. The number of ether oxygens (including phenoxy) is 1. The highest BCUT2D eigenvalue weighted by Gasteiger charge is 2.03. The molecule has 1 aromatic heterocycles. The van der Waals surface area contributed by atoms with Crippen molar-refractivity contribution in [2.24, 2.45) is 0 Å². The maximum Gasteiger partial charge on any atom is 0.153 e. The quantitative estimate of drug-likeness (QED) is 0.662. The largest absolute Gasteiger partial charge is 0.494 e. The first-order valence-corrected chi connectivity index (χ1v) is 3.73. The van der Waals surface area contributed by atoms with Crippen molar-refractivity contribution in [1.82, 2.24) is 4.98 Å². The van der Waals surface area contributed by atoms with E-state index in [1.807, 2.05) is 0 Å². The van der Waals surface area contributed by atoms with Gasteiger partial charge in [-0.05, 0) is 15.9 Å². The van der Waals surface area contributed by atoms with Gasteiger partial charge in [0.05, 0.1) is 23.3 Å². The van der Waals surface area contributed by atoms with Crippen molar-refractivity contribution in [3.63, 3.8) is 0 Å². The number of pyridine rings is 1. The van der Waals surface area contributed by atoms with Crippen LogP contribution in [0.25, 0.3) is 0 Å². The Morgan fingerprint density at radius 2 is 2.36 bits per heavy atom. The average Bonchev–Trinajstić information content (AvgIpc) is 2.04. The van der Waals surface area contributed by atoms with Gasteiger partial charge in [0, 0.05) is 6.20 Å². The van der Waals surface area contributed by atoms with E-state index in [0.29, 0.717) is 11.3 Å². The van der Waals surface area contributed by atoms with Crippen LogP contribution in [0.15, 0.2) is 16.9 Å². The number of rotatable bonds is 1. The van der Waals surface area contributed by atoms with Gasteiger partial charge in [0.2, 0.25) is 0 Å². The van der Waals surface area contributed by atoms with Gasteiger partial charge in [-0.3, -0.25) is 4.98 Å². The first-order chi connectivity index (χ1) is 5.29. The summed E-state index contributed by atoms with van der Waals surface area (Å²) in [6.45, 7) is 0. The minimum absolute atomic E-state index is 0.613. The molecule has 0 bridgehead atoms. The van der Waals surface area contributed by atoms with Crippen molar-refractivity contribution in [2.45, 2.75) is 0 Å². The van der Waals surface area contributed by atoms with Crippen molar-refractivity contribution in [2.75, 3.05) is 7.11 Å². The summed E-state index contributed by atoms with van der Waals surface area (Å²) in [5.41, 5.74) is 0.697. The minimum Gasteiger partial charge on any atom is -0.494 e. The van der Waals surface area contributed by atoms with Crippen LogP contribution < -0.4 is 4.74 Å². The number of nitrogens with zero attached hydrogens (tertiary/aromatic N) is 1. The molecule has 0 saturated carbocycles. The van der Waals surface area contributed by atoms with E-state index in [0.717, 1.165) is 4.47 Å². The molecule has 3 heteroatoms.